The van der Waals surface area contributed by atoms with E-state index in [1.807, 2.05) is 0 Å². The normalized spacial score (nSPS) is 13.5. The lowest BCUT2D eigenvalue weighted by Gasteiger charge is -2.32. The first kappa shape index (κ1) is 23.0. The van der Waals surface area contributed by atoms with E-state index in [1.54, 1.807) is 13.8 Å². The van der Waals surface area contributed by atoms with Crippen molar-refractivity contribution in [3.8, 4) is 0 Å². The van der Waals surface area contributed by atoms with E-state index in [4.69, 9.17) is 16.3 Å². The number of carbonyl (C=O) groups is 1. The fourth-order valence-corrected chi connectivity index (χ4v) is 3.95. The molecule has 2 aromatic heterocycles. The Labute approximate surface area is 184 Å². The number of halogens is 5. The number of rotatable bonds is 5. The summed E-state index contributed by atoms with van der Waals surface area (Å²) < 4.78 is 59.5. The van der Waals surface area contributed by atoms with Crippen LogP contribution in [-0.4, -0.2) is 23.0 Å². The molecule has 0 radical (unpaired) electrons. The standard InChI is InChI=1S/C20H16ClF4N3O2S/c1-10-11(2)31-18(27-10)28-19(17(29)30-3,16-5-4-14(21)9-26-16)12-6-13(20(23,24)25)8-15(22)7-12/h4-9H,1-3H3,(H,27,28). The molecule has 0 saturated heterocycles. The zero-order valence-electron chi connectivity index (χ0n) is 16.5. The zero-order chi connectivity index (χ0) is 23.0. The SMILES string of the molecule is COC(=O)C(Nc1nc(C)c(C)s1)(c1cc(F)cc(C(F)(F)F)c1)c1ccc(Cl)cn1. The number of methoxy groups -OCH3 is 1. The van der Waals surface area contributed by atoms with Gasteiger partial charge in [0.2, 0.25) is 5.54 Å². The first-order valence-corrected chi connectivity index (χ1v) is 9.97. The number of hydrogen-bond donors (Lipinski definition) is 1. The van der Waals surface area contributed by atoms with Crippen LogP contribution >= 0.6 is 22.9 Å². The number of alkyl halides is 3. The van der Waals surface area contributed by atoms with Gasteiger partial charge in [0.05, 0.1) is 29.1 Å². The maximum atomic E-state index is 14.3. The van der Waals surface area contributed by atoms with Gasteiger partial charge in [0.15, 0.2) is 5.13 Å². The van der Waals surface area contributed by atoms with Gasteiger partial charge < -0.3 is 10.1 Å². The van der Waals surface area contributed by atoms with Crippen molar-refractivity contribution in [1.29, 1.82) is 0 Å². The summed E-state index contributed by atoms with van der Waals surface area (Å²) in [4.78, 5) is 22.3. The minimum Gasteiger partial charge on any atom is -0.467 e. The first-order valence-electron chi connectivity index (χ1n) is 8.78. The number of aromatic nitrogens is 2. The van der Waals surface area contributed by atoms with Crippen LogP contribution in [0.5, 0.6) is 0 Å². The van der Waals surface area contributed by atoms with Crippen LogP contribution in [0.1, 0.15) is 27.4 Å². The van der Waals surface area contributed by atoms with Crippen LogP contribution in [0.2, 0.25) is 5.02 Å². The molecule has 31 heavy (non-hydrogen) atoms. The largest absolute Gasteiger partial charge is 0.467 e. The third kappa shape index (κ3) is 4.49. The number of ether oxygens (including phenoxy) is 1. The van der Waals surface area contributed by atoms with Gasteiger partial charge in [0, 0.05) is 11.1 Å². The van der Waals surface area contributed by atoms with E-state index in [2.05, 4.69) is 15.3 Å². The summed E-state index contributed by atoms with van der Waals surface area (Å²) in [6.45, 7) is 3.53. The monoisotopic (exact) mass is 473 g/mol. The molecule has 3 rings (SSSR count). The fraction of sp³-hybridized carbons (Fsp3) is 0.250. The van der Waals surface area contributed by atoms with Crippen LogP contribution in [0.4, 0.5) is 22.7 Å². The highest BCUT2D eigenvalue weighted by Gasteiger charge is 2.47. The van der Waals surface area contributed by atoms with Crippen molar-refractivity contribution < 1.29 is 27.1 Å². The Hall–Kier alpha value is -2.72. The molecule has 0 fully saturated rings. The van der Waals surface area contributed by atoms with Gasteiger partial charge in [-0.25, -0.2) is 14.2 Å². The van der Waals surface area contributed by atoms with Crippen molar-refractivity contribution in [3.63, 3.8) is 0 Å². The summed E-state index contributed by atoms with van der Waals surface area (Å²) >= 11 is 7.07. The molecule has 2 heterocycles. The molecule has 0 amide bonds. The molecule has 11 heteroatoms. The lowest BCUT2D eigenvalue weighted by molar-refractivity contribution is -0.145. The van der Waals surface area contributed by atoms with Crippen molar-refractivity contribution in [1.82, 2.24) is 9.97 Å². The molecule has 164 valence electrons. The Balaban J connectivity index is 2.35. The van der Waals surface area contributed by atoms with E-state index >= 15 is 0 Å². The van der Waals surface area contributed by atoms with Gasteiger partial charge in [-0.1, -0.05) is 11.6 Å². The molecular weight excluding hydrogens is 458 g/mol. The molecule has 0 bridgehead atoms. The minimum atomic E-state index is -4.85. The number of pyridine rings is 1. The van der Waals surface area contributed by atoms with Gasteiger partial charge in [-0.2, -0.15) is 13.2 Å². The summed E-state index contributed by atoms with van der Waals surface area (Å²) in [5.41, 5.74) is -3.14. The number of carbonyl (C=O) groups excluding carboxylic acids is 1. The second-order valence-corrected chi connectivity index (χ2v) is 8.25. The number of aryl methyl sites for hydroxylation is 2. The lowest BCUT2D eigenvalue weighted by atomic mass is 9.85. The third-order valence-electron chi connectivity index (χ3n) is 4.58. The topological polar surface area (TPSA) is 64.1 Å². The number of esters is 1. The van der Waals surface area contributed by atoms with Crippen molar-refractivity contribution in [2.75, 3.05) is 12.4 Å². The molecule has 3 aromatic rings. The van der Waals surface area contributed by atoms with Crippen molar-refractivity contribution in [3.05, 3.63) is 74.8 Å². The van der Waals surface area contributed by atoms with Crippen LogP contribution in [0.3, 0.4) is 0 Å². The number of thiazole rings is 1. The van der Waals surface area contributed by atoms with E-state index in [9.17, 15) is 22.4 Å². The molecular formula is C20H16ClF4N3O2S. The Morgan fingerprint density at radius 2 is 1.84 bits per heavy atom. The lowest BCUT2D eigenvalue weighted by Crippen LogP contribution is -2.46. The average Bonchev–Trinajstić information content (AvgIpc) is 3.02. The molecule has 0 aliphatic heterocycles. The molecule has 1 unspecified atom stereocenters. The fourth-order valence-electron chi connectivity index (χ4n) is 2.96. The predicted octanol–water partition coefficient (Wildman–Crippen LogP) is 5.49. The van der Waals surface area contributed by atoms with Gasteiger partial charge in [0.25, 0.3) is 0 Å². The highest BCUT2D eigenvalue weighted by Crippen LogP contribution is 2.39. The van der Waals surface area contributed by atoms with E-state index in [0.717, 1.165) is 18.1 Å². The highest BCUT2D eigenvalue weighted by molar-refractivity contribution is 7.15. The highest BCUT2D eigenvalue weighted by atomic mass is 35.5. The predicted molar refractivity (Wildman–Crippen MR) is 109 cm³/mol. The van der Waals surface area contributed by atoms with Crippen LogP contribution in [0.25, 0.3) is 0 Å². The van der Waals surface area contributed by atoms with Gasteiger partial charge in [0.1, 0.15) is 5.82 Å². The van der Waals surface area contributed by atoms with Crippen LogP contribution < -0.4 is 5.32 Å². The maximum absolute atomic E-state index is 14.3. The Bertz CT molecular complexity index is 1100. The summed E-state index contributed by atoms with van der Waals surface area (Å²) in [6, 6.07) is 4.60. The summed E-state index contributed by atoms with van der Waals surface area (Å²) in [7, 11) is 1.07. The number of benzene rings is 1. The van der Waals surface area contributed by atoms with Gasteiger partial charge >= 0.3 is 12.1 Å². The first-order chi connectivity index (χ1) is 14.5. The second kappa shape index (κ2) is 8.43. The van der Waals surface area contributed by atoms with Crippen molar-refractivity contribution in [2.45, 2.75) is 25.6 Å². The molecule has 0 aliphatic rings. The van der Waals surface area contributed by atoms with Crippen LogP contribution in [0, 0.1) is 19.7 Å². The third-order valence-corrected chi connectivity index (χ3v) is 5.80. The van der Waals surface area contributed by atoms with Gasteiger partial charge in [-0.05, 0) is 49.7 Å². The van der Waals surface area contributed by atoms with E-state index in [0.29, 0.717) is 17.8 Å². The van der Waals surface area contributed by atoms with E-state index in [-0.39, 0.29) is 21.4 Å². The summed E-state index contributed by atoms with van der Waals surface area (Å²) in [5.74, 6) is -2.19. The number of anilines is 1. The summed E-state index contributed by atoms with van der Waals surface area (Å²) in [5, 5.41) is 3.31. The quantitative estimate of drug-likeness (QED) is 0.392. The van der Waals surface area contributed by atoms with Crippen molar-refractivity contribution >= 4 is 34.0 Å². The van der Waals surface area contributed by atoms with E-state index in [1.165, 1.54) is 29.7 Å². The minimum absolute atomic E-state index is 0.0482. The van der Waals surface area contributed by atoms with Crippen LogP contribution in [0.15, 0.2) is 36.5 Å². The number of hydrogen-bond acceptors (Lipinski definition) is 6. The Morgan fingerprint density at radius 3 is 2.35 bits per heavy atom. The van der Waals surface area contributed by atoms with Crippen molar-refractivity contribution in [2.24, 2.45) is 0 Å². The molecule has 1 aromatic carbocycles. The number of nitrogens with one attached hydrogen (secondary N) is 1. The second-order valence-electron chi connectivity index (χ2n) is 6.62. The average molecular weight is 474 g/mol. The molecule has 5 nitrogen and oxygen atoms in total. The van der Waals surface area contributed by atoms with Gasteiger partial charge in [-0.15, -0.1) is 11.3 Å². The molecule has 1 N–H and O–H groups in total. The van der Waals surface area contributed by atoms with E-state index < -0.39 is 29.1 Å². The molecule has 1 atom stereocenters. The Kier molecular flexibility index (Phi) is 6.24. The summed E-state index contributed by atoms with van der Waals surface area (Å²) in [6.07, 6.45) is -3.63. The smallest absolute Gasteiger partial charge is 0.416 e. The molecule has 0 spiro atoms. The number of nitrogens with zero attached hydrogens (tertiary/aromatic N) is 2. The molecule has 0 saturated carbocycles. The Morgan fingerprint density at radius 1 is 1.16 bits per heavy atom. The zero-order valence-corrected chi connectivity index (χ0v) is 18.0. The van der Waals surface area contributed by atoms with Gasteiger partial charge in [-0.3, -0.25) is 4.98 Å². The molecule has 0 aliphatic carbocycles. The maximum Gasteiger partial charge on any atom is 0.416 e. The van der Waals surface area contributed by atoms with Crippen LogP contribution in [-0.2, 0) is 21.2 Å².